The molecule has 0 saturated carbocycles. The fraction of sp³-hybridized carbons (Fsp3) is 0.200. The van der Waals surface area contributed by atoms with Crippen LogP contribution in [0.4, 0.5) is 0 Å². The molecule has 0 saturated heterocycles. The zero-order valence-electron chi connectivity index (χ0n) is 7.32. The van der Waals surface area contributed by atoms with Gasteiger partial charge in [-0.15, -0.1) is 0 Å². The Bertz CT molecular complexity index is 306. The Morgan fingerprint density at radius 2 is 1.85 bits per heavy atom. The molecule has 0 fully saturated rings. The first-order valence-electron chi connectivity index (χ1n) is 3.92. The van der Waals surface area contributed by atoms with E-state index in [0.717, 1.165) is 5.56 Å². The van der Waals surface area contributed by atoms with Crippen molar-refractivity contribution in [1.29, 1.82) is 0 Å². The molecule has 0 aliphatic rings. The van der Waals surface area contributed by atoms with Gasteiger partial charge in [0, 0.05) is 0 Å². The molecule has 3 heteroatoms. The van der Waals surface area contributed by atoms with Crippen molar-refractivity contribution in [1.82, 2.24) is 0 Å². The molecule has 68 valence electrons. The second kappa shape index (κ2) is 5.16. The fourth-order valence-electron chi connectivity index (χ4n) is 0.825. The van der Waals surface area contributed by atoms with E-state index < -0.39 is 20.9 Å². The van der Waals surface area contributed by atoms with Crippen molar-refractivity contribution in [3.8, 4) is 0 Å². The molecule has 0 aromatic heterocycles. The van der Waals surface area contributed by atoms with Crippen LogP contribution in [0, 0.1) is 0 Å². The third-order valence-corrected chi connectivity index (χ3v) is 4.41. The first-order valence-corrected chi connectivity index (χ1v) is 6.73. The second-order valence-electron chi connectivity index (χ2n) is 2.64. The maximum atomic E-state index is 11.5. The van der Waals surface area contributed by atoms with Gasteiger partial charge in [-0.05, 0) is 0 Å². The van der Waals surface area contributed by atoms with Crippen LogP contribution in [-0.4, -0.2) is 30.5 Å². The third-order valence-electron chi connectivity index (χ3n) is 1.42. The standard InChI is InChI=1S/C10H10O2Te/c1-8(11)7-13-10(12)9-5-3-2-4-6-9/h2-6H,7H2,1H3. The summed E-state index contributed by atoms with van der Waals surface area (Å²) >= 11 is -0.821. The molecule has 0 unspecified atom stereocenters. The first kappa shape index (κ1) is 10.4. The van der Waals surface area contributed by atoms with Crippen LogP contribution in [0.3, 0.4) is 0 Å². The number of carbonyl (C=O) groups is 2. The first-order chi connectivity index (χ1) is 6.20. The van der Waals surface area contributed by atoms with E-state index >= 15 is 0 Å². The van der Waals surface area contributed by atoms with Crippen molar-refractivity contribution >= 4 is 30.5 Å². The monoisotopic (exact) mass is 292 g/mol. The Hall–Kier alpha value is -0.650. The van der Waals surface area contributed by atoms with Gasteiger partial charge in [-0.3, -0.25) is 0 Å². The molecule has 0 N–H and O–H groups in total. The third kappa shape index (κ3) is 3.71. The van der Waals surface area contributed by atoms with Gasteiger partial charge in [0.05, 0.1) is 0 Å². The van der Waals surface area contributed by atoms with Crippen LogP contribution < -0.4 is 0 Å². The number of hydrogen-bond donors (Lipinski definition) is 0. The topological polar surface area (TPSA) is 34.1 Å². The molecule has 0 bridgehead atoms. The predicted molar refractivity (Wildman–Crippen MR) is 52.0 cm³/mol. The average molecular weight is 290 g/mol. The van der Waals surface area contributed by atoms with E-state index in [-0.39, 0.29) is 9.61 Å². The number of carbonyl (C=O) groups excluding carboxylic acids is 2. The van der Waals surface area contributed by atoms with Crippen molar-refractivity contribution < 1.29 is 9.59 Å². The Labute approximate surface area is 87.4 Å². The fourth-order valence-corrected chi connectivity index (χ4v) is 2.64. The molecule has 1 aromatic carbocycles. The summed E-state index contributed by atoms with van der Waals surface area (Å²) in [4.78, 5) is 22.1. The van der Waals surface area contributed by atoms with Gasteiger partial charge in [0.15, 0.2) is 0 Å². The molecule has 1 aromatic rings. The predicted octanol–water partition coefficient (Wildman–Crippen LogP) is 1.54. The Kier molecular flexibility index (Phi) is 4.14. The summed E-state index contributed by atoms with van der Waals surface area (Å²) in [5, 5.41) is 0. The number of benzene rings is 1. The molecule has 0 atom stereocenters. The Balaban J connectivity index is 2.54. The molecule has 0 aliphatic heterocycles. The second-order valence-corrected chi connectivity index (χ2v) is 5.35. The van der Waals surface area contributed by atoms with E-state index in [4.69, 9.17) is 0 Å². The number of rotatable bonds is 4. The van der Waals surface area contributed by atoms with Gasteiger partial charge in [-0.25, -0.2) is 0 Å². The summed E-state index contributed by atoms with van der Waals surface area (Å²) in [6.45, 7) is 1.53. The van der Waals surface area contributed by atoms with Crippen LogP contribution in [0.25, 0.3) is 0 Å². The molecule has 13 heavy (non-hydrogen) atoms. The van der Waals surface area contributed by atoms with E-state index in [9.17, 15) is 9.59 Å². The van der Waals surface area contributed by atoms with Crippen LogP contribution in [0.5, 0.6) is 0 Å². The van der Waals surface area contributed by atoms with Gasteiger partial charge < -0.3 is 0 Å². The van der Waals surface area contributed by atoms with E-state index in [0.29, 0.717) is 4.47 Å². The molecule has 0 heterocycles. The number of hydrogen-bond acceptors (Lipinski definition) is 2. The summed E-state index contributed by atoms with van der Waals surface area (Å²) in [6, 6.07) is 9.16. The van der Waals surface area contributed by atoms with E-state index in [1.165, 1.54) is 6.92 Å². The zero-order chi connectivity index (χ0) is 9.68. The molecular weight excluding hydrogens is 280 g/mol. The minimum absolute atomic E-state index is 0.117. The summed E-state index contributed by atoms with van der Waals surface area (Å²) in [6.07, 6.45) is 0. The SMILES string of the molecule is CC(=O)C[Te]C(=O)c1ccccc1. The quantitative estimate of drug-likeness (QED) is 0.788. The molecule has 0 radical (unpaired) electrons. The summed E-state index contributed by atoms with van der Waals surface area (Å²) in [5.74, 6) is 0.117. The van der Waals surface area contributed by atoms with Crippen LogP contribution in [0.2, 0.25) is 4.47 Å². The van der Waals surface area contributed by atoms with Gasteiger partial charge in [0.1, 0.15) is 0 Å². The summed E-state index contributed by atoms with van der Waals surface area (Å²) < 4.78 is 0.639. The van der Waals surface area contributed by atoms with E-state index in [1.54, 1.807) is 12.1 Å². The molecule has 0 amide bonds. The van der Waals surface area contributed by atoms with Crippen molar-refractivity contribution in [3.05, 3.63) is 35.9 Å². The Morgan fingerprint density at radius 3 is 2.38 bits per heavy atom. The number of ketones is 1. The maximum absolute atomic E-state index is 11.5. The van der Waals surface area contributed by atoms with Crippen LogP contribution in [-0.2, 0) is 4.79 Å². The normalized spacial score (nSPS) is 9.62. The van der Waals surface area contributed by atoms with Crippen molar-refractivity contribution in [2.24, 2.45) is 0 Å². The van der Waals surface area contributed by atoms with Crippen LogP contribution >= 0.6 is 0 Å². The average Bonchev–Trinajstić information content (AvgIpc) is 2.15. The molecule has 0 spiro atoms. The van der Waals surface area contributed by atoms with Crippen LogP contribution in [0.1, 0.15) is 17.3 Å². The Morgan fingerprint density at radius 1 is 1.23 bits per heavy atom. The van der Waals surface area contributed by atoms with Crippen molar-refractivity contribution in [2.45, 2.75) is 11.4 Å². The van der Waals surface area contributed by atoms with Gasteiger partial charge >= 0.3 is 87.4 Å². The molecule has 2 nitrogen and oxygen atoms in total. The van der Waals surface area contributed by atoms with E-state index in [1.807, 2.05) is 18.2 Å². The van der Waals surface area contributed by atoms with Gasteiger partial charge in [-0.1, -0.05) is 0 Å². The van der Waals surface area contributed by atoms with Crippen molar-refractivity contribution in [3.63, 3.8) is 0 Å². The number of Topliss-reactive ketones (excluding diaryl/α,β-unsaturated/α-hetero) is 1. The van der Waals surface area contributed by atoms with Crippen molar-refractivity contribution in [2.75, 3.05) is 0 Å². The summed E-state index contributed by atoms with van der Waals surface area (Å²) in [5.41, 5.74) is 0.742. The molecule has 1 rings (SSSR count). The van der Waals surface area contributed by atoms with Gasteiger partial charge in [0.25, 0.3) is 0 Å². The zero-order valence-corrected chi connectivity index (χ0v) is 9.65. The van der Waals surface area contributed by atoms with Gasteiger partial charge in [-0.2, -0.15) is 0 Å². The molecule has 0 aliphatic carbocycles. The summed E-state index contributed by atoms with van der Waals surface area (Å²) in [7, 11) is 0. The minimum atomic E-state index is -0.821. The van der Waals surface area contributed by atoms with E-state index in [2.05, 4.69) is 0 Å². The van der Waals surface area contributed by atoms with Crippen LogP contribution in [0.15, 0.2) is 30.3 Å². The van der Waals surface area contributed by atoms with Gasteiger partial charge in [0.2, 0.25) is 0 Å². The molecular formula is C10H10O2Te.